The van der Waals surface area contributed by atoms with Crippen LogP contribution in [0.3, 0.4) is 0 Å². The molecule has 1 aliphatic rings. The van der Waals surface area contributed by atoms with E-state index in [0.29, 0.717) is 6.54 Å². The number of aryl methyl sites for hydroxylation is 2. The molecular weight excluding hydrogens is 232 g/mol. The molecule has 0 radical (unpaired) electrons. The lowest BCUT2D eigenvalue weighted by atomic mass is 10.0. The molecule has 2 N–H and O–H groups in total. The molecule has 0 aliphatic carbocycles. The number of carbonyl (C=O) groups excluding carboxylic acids is 1. The van der Waals surface area contributed by atoms with Crippen molar-refractivity contribution in [1.29, 1.82) is 0 Å². The third kappa shape index (κ3) is 3.30. The number of thiophene rings is 1. The second-order valence-electron chi connectivity index (χ2n) is 4.67. The highest BCUT2D eigenvalue weighted by Gasteiger charge is 2.19. The van der Waals surface area contributed by atoms with Gasteiger partial charge in [0.25, 0.3) is 0 Å². The second-order valence-corrected chi connectivity index (χ2v) is 6.01. The molecule has 4 heteroatoms. The highest BCUT2D eigenvalue weighted by molar-refractivity contribution is 7.12. The van der Waals surface area contributed by atoms with Crippen molar-refractivity contribution in [3.8, 4) is 0 Å². The lowest BCUT2D eigenvalue weighted by Crippen LogP contribution is -2.46. The predicted octanol–water partition coefficient (Wildman–Crippen LogP) is 2.12. The molecule has 1 aromatic rings. The fraction of sp³-hybridized carbons (Fsp3) is 0.615. The lowest BCUT2D eigenvalue weighted by molar-refractivity contribution is -0.123. The first kappa shape index (κ1) is 12.6. The van der Waals surface area contributed by atoms with Gasteiger partial charge in [-0.2, -0.15) is 0 Å². The van der Waals surface area contributed by atoms with E-state index in [-0.39, 0.29) is 11.9 Å². The first-order chi connectivity index (χ1) is 8.16. The number of piperidine rings is 1. The van der Waals surface area contributed by atoms with Gasteiger partial charge in [0, 0.05) is 9.75 Å². The monoisotopic (exact) mass is 252 g/mol. The molecule has 0 saturated carbocycles. The molecule has 1 aromatic heterocycles. The summed E-state index contributed by atoms with van der Waals surface area (Å²) in [6, 6.07) is 2.18. The number of carbonyl (C=O) groups is 1. The van der Waals surface area contributed by atoms with Gasteiger partial charge in [-0.15, -0.1) is 11.3 Å². The first-order valence-corrected chi connectivity index (χ1v) is 7.05. The van der Waals surface area contributed by atoms with Gasteiger partial charge in [-0.3, -0.25) is 4.79 Å². The van der Waals surface area contributed by atoms with Crippen molar-refractivity contribution in [3.05, 3.63) is 21.4 Å². The fourth-order valence-electron chi connectivity index (χ4n) is 2.11. The SMILES string of the molecule is Cc1cc(CNC(=O)C2CCCCN2)sc1C. The van der Waals surface area contributed by atoms with Crippen molar-refractivity contribution in [2.75, 3.05) is 6.54 Å². The van der Waals surface area contributed by atoms with Crippen LogP contribution in [0.5, 0.6) is 0 Å². The van der Waals surface area contributed by atoms with Crippen LogP contribution in [-0.2, 0) is 11.3 Å². The maximum atomic E-state index is 11.9. The molecule has 2 heterocycles. The van der Waals surface area contributed by atoms with E-state index in [1.54, 1.807) is 11.3 Å². The normalized spacial score (nSPS) is 20.2. The van der Waals surface area contributed by atoms with Crippen LogP contribution in [0.2, 0.25) is 0 Å². The van der Waals surface area contributed by atoms with Crippen LogP contribution >= 0.6 is 11.3 Å². The summed E-state index contributed by atoms with van der Waals surface area (Å²) in [4.78, 5) is 14.5. The van der Waals surface area contributed by atoms with Crippen LogP contribution in [0.25, 0.3) is 0 Å². The van der Waals surface area contributed by atoms with E-state index in [2.05, 4.69) is 30.5 Å². The van der Waals surface area contributed by atoms with E-state index in [1.807, 2.05) is 0 Å². The first-order valence-electron chi connectivity index (χ1n) is 6.24. The minimum absolute atomic E-state index is 0.0194. The smallest absolute Gasteiger partial charge is 0.237 e. The summed E-state index contributed by atoms with van der Waals surface area (Å²) in [7, 11) is 0. The minimum Gasteiger partial charge on any atom is -0.350 e. The van der Waals surface area contributed by atoms with E-state index in [1.165, 1.54) is 21.7 Å². The van der Waals surface area contributed by atoms with Crippen molar-refractivity contribution in [2.45, 2.75) is 45.7 Å². The van der Waals surface area contributed by atoms with Gasteiger partial charge in [-0.25, -0.2) is 0 Å². The number of hydrogen-bond acceptors (Lipinski definition) is 3. The molecule has 17 heavy (non-hydrogen) atoms. The van der Waals surface area contributed by atoms with Gasteiger partial charge in [0.05, 0.1) is 12.6 Å². The average molecular weight is 252 g/mol. The summed E-state index contributed by atoms with van der Waals surface area (Å²) in [6.07, 6.45) is 3.31. The molecular formula is C13H20N2OS. The molecule has 1 unspecified atom stereocenters. The molecule has 2 rings (SSSR count). The van der Waals surface area contributed by atoms with Crippen LogP contribution in [0.4, 0.5) is 0 Å². The fourth-order valence-corrected chi connectivity index (χ4v) is 3.10. The Morgan fingerprint density at radius 3 is 2.94 bits per heavy atom. The van der Waals surface area contributed by atoms with Gasteiger partial charge in [0.15, 0.2) is 0 Å². The number of rotatable bonds is 3. The molecule has 1 amide bonds. The standard InChI is InChI=1S/C13H20N2OS/c1-9-7-11(17-10(9)2)8-15-13(16)12-5-3-4-6-14-12/h7,12,14H,3-6,8H2,1-2H3,(H,15,16). The van der Waals surface area contributed by atoms with Crippen LogP contribution in [-0.4, -0.2) is 18.5 Å². The summed E-state index contributed by atoms with van der Waals surface area (Å²) in [5.41, 5.74) is 1.31. The molecule has 0 spiro atoms. The van der Waals surface area contributed by atoms with Gasteiger partial charge >= 0.3 is 0 Å². The number of amides is 1. The van der Waals surface area contributed by atoms with E-state index in [0.717, 1.165) is 19.4 Å². The Hall–Kier alpha value is -0.870. The molecule has 1 fully saturated rings. The Morgan fingerprint density at radius 2 is 2.35 bits per heavy atom. The van der Waals surface area contributed by atoms with Crippen LogP contribution < -0.4 is 10.6 Å². The maximum Gasteiger partial charge on any atom is 0.237 e. The van der Waals surface area contributed by atoms with E-state index in [9.17, 15) is 4.79 Å². The van der Waals surface area contributed by atoms with Gasteiger partial charge < -0.3 is 10.6 Å². The van der Waals surface area contributed by atoms with Crippen molar-refractivity contribution < 1.29 is 4.79 Å². The predicted molar refractivity (Wildman–Crippen MR) is 71.3 cm³/mol. The molecule has 1 aliphatic heterocycles. The Morgan fingerprint density at radius 1 is 1.53 bits per heavy atom. The van der Waals surface area contributed by atoms with Gasteiger partial charge in [-0.05, 0) is 44.9 Å². The Balaban J connectivity index is 1.83. The summed E-state index contributed by atoms with van der Waals surface area (Å²) < 4.78 is 0. The summed E-state index contributed by atoms with van der Waals surface area (Å²) >= 11 is 1.77. The molecule has 3 nitrogen and oxygen atoms in total. The quantitative estimate of drug-likeness (QED) is 0.865. The third-order valence-electron chi connectivity index (χ3n) is 3.28. The van der Waals surface area contributed by atoms with Crippen molar-refractivity contribution in [3.63, 3.8) is 0 Å². The largest absolute Gasteiger partial charge is 0.350 e. The molecule has 1 saturated heterocycles. The summed E-state index contributed by atoms with van der Waals surface area (Å²) in [6.45, 7) is 5.86. The topological polar surface area (TPSA) is 41.1 Å². The van der Waals surface area contributed by atoms with E-state index >= 15 is 0 Å². The Kier molecular flexibility index (Phi) is 4.18. The van der Waals surface area contributed by atoms with E-state index < -0.39 is 0 Å². The molecule has 0 aromatic carbocycles. The van der Waals surface area contributed by atoms with E-state index in [4.69, 9.17) is 0 Å². The van der Waals surface area contributed by atoms with Crippen molar-refractivity contribution in [2.24, 2.45) is 0 Å². The summed E-state index contributed by atoms with van der Waals surface area (Å²) in [5.74, 6) is 0.147. The number of hydrogen-bond donors (Lipinski definition) is 2. The Bertz CT molecular complexity index is 375. The third-order valence-corrected chi connectivity index (χ3v) is 4.43. The van der Waals surface area contributed by atoms with Gasteiger partial charge in [0.1, 0.15) is 0 Å². The van der Waals surface area contributed by atoms with Crippen molar-refractivity contribution >= 4 is 17.2 Å². The van der Waals surface area contributed by atoms with Gasteiger partial charge in [0.2, 0.25) is 5.91 Å². The summed E-state index contributed by atoms with van der Waals surface area (Å²) in [5, 5.41) is 6.28. The molecule has 1 atom stereocenters. The number of nitrogens with one attached hydrogen (secondary N) is 2. The molecule has 94 valence electrons. The van der Waals surface area contributed by atoms with Crippen LogP contribution in [0.1, 0.15) is 34.6 Å². The van der Waals surface area contributed by atoms with Crippen LogP contribution in [0.15, 0.2) is 6.07 Å². The highest BCUT2D eigenvalue weighted by Crippen LogP contribution is 2.20. The maximum absolute atomic E-state index is 11.9. The zero-order chi connectivity index (χ0) is 12.3. The highest BCUT2D eigenvalue weighted by atomic mass is 32.1. The average Bonchev–Trinajstić information content (AvgIpc) is 2.67. The molecule has 0 bridgehead atoms. The second kappa shape index (κ2) is 5.65. The zero-order valence-corrected chi connectivity index (χ0v) is 11.3. The van der Waals surface area contributed by atoms with Gasteiger partial charge in [-0.1, -0.05) is 6.42 Å². The minimum atomic E-state index is 0.0194. The zero-order valence-electron chi connectivity index (χ0n) is 10.5. The van der Waals surface area contributed by atoms with Crippen molar-refractivity contribution in [1.82, 2.24) is 10.6 Å². The Labute approximate surface area is 107 Å². The van der Waals surface area contributed by atoms with Crippen LogP contribution in [0, 0.1) is 13.8 Å². The lowest BCUT2D eigenvalue weighted by Gasteiger charge is -2.22.